The van der Waals surface area contributed by atoms with Gasteiger partial charge in [-0.15, -0.1) is 5.10 Å². The molecule has 0 spiro atoms. The molecule has 1 aromatic rings. The summed E-state index contributed by atoms with van der Waals surface area (Å²) in [5.41, 5.74) is 0.502. The van der Waals surface area contributed by atoms with Crippen molar-refractivity contribution in [1.29, 1.82) is 0 Å². The summed E-state index contributed by atoms with van der Waals surface area (Å²) in [7, 11) is 0. The van der Waals surface area contributed by atoms with Crippen LogP contribution in [0.1, 0.15) is 12.5 Å². The van der Waals surface area contributed by atoms with Crippen LogP contribution in [0.4, 0.5) is 10.2 Å². The van der Waals surface area contributed by atoms with Crippen molar-refractivity contribution in [3.8, 4) is 0 Å². The Hall–Kier alpha value is -0.710. The Bertz CT molecular complexity index is 259. The standard InChI is InChI=1S/C6H10FN3S/c1-3-8-6-4(2)5(7)10(11)9-6/h11H,3H2,1-2H3,(H,8,9). The van der Waals surface area contributed by atoms with Gasteiger partial charge in [-0.3, -0.25) is 0 Å². The number of aromatic nitrogens is 2. The molecule has 5 heteroatoms. The Morgan fingerprint density at radius 2 is 2.36 bits per heavy atom. The smallest absolute Gasteiger partial charge is 0.226 e. The largest absolute Gasteiger partial charge is 0.369 e. The number of anilines is 1. The number of nitrogens with one attached hydrogen (secondary N) is 1. The summed E-state index contributed by atoms with van der Waals surface area (Å²) >= 11 is 3.77. The van der Waals surface area contributed by atoms with Crippen molar-refractivity contribution < 1.29 is 4.39 Å². The fourth-order valence-electron chi connectivity index (χ4n) is 0.797. The molecular formula is C6H10FN3S. The normalized spacial score (nSPS) is 10.2. The molecule has 0 fully saturated rings. The minimum absolute atomic E-state index is 0.413. The first-order chi connectivity index (χ1) is 5.16. The van der Waals surface area contributed by atoms with Gasteiger partial charge in [0, 0.05) is 12.1 Å². The van der Waals surface area contributed by atoms with Crippen LogP contribution in [0.5, 0.6) is 0 Å². The van der Waals surface area contributed by atoms with E-state index >= 15 is 0 Å². The Labute approximate surface area is 70.1 Å². The maximum Gasteiger partial charge on any atom is 0.226 e. The van der Waals surface area contributed by atoms with E-state index in [4.69, 9.17) is 0 Å². The lowest BCUT2D eigenvalue weighted by Gasteiger charge is -1.96. The van der Waals surface area contributed by atoms with E-state index < -0.39 is 5.95 Å². The predicted octanol–water partition coefficient (Wildman–Crippen LogP) is 1.46. The molecule has 1 heterocycles. The van der Waals surface area contributed by atoms with E-state index in [9.17, 15) is 4.39 Å². The van der Waals surface area contributed by atoms with Crippen LogP contribution in [-0.2, 0) is 0 Å². The molecule has 0 amide bonds. The first-order valence-corrected chi connectivity index (χ1v) is 3.75. The van der Waals surface area contributed by atoms with Gasteiger partial charge < -0.3 is 5.32 Å². The Morgan fingerprint density at radius 3 is 2.73 bits per heavy atom. The van der Waals surface area contributed by atoms with Crippen molar-refractivity contribution >= 4 is 18.6 Å². The van der Waals surface area contributed by atoms with Gasteiger partial charge in [0.05, 0.1) is 0 Å². The van der Waals surface area contributed by atoms with Gasteiger partial charge in [0.15, 0.2) is 5.82 Å². The van der Waals surface area contributed by atoms with Crippen LogP contribution < -0.4 is 5.32 Å². The molecule has 62 valence electrons. The fraction of sp³-hybridized carbons (Fsp3) is 0.500. The minimum atomic E-state index is -0.413. The van der Waals surface area contributed by atoms with E-state index in [-0.39, 0.29) is 0 Å². The number of halogens is 1. The third-order valence-electron chi connectivity index (χ3n) is 1.38. The minimum Gasteiger partial charge on any atom is -0.369 e. The highest BCUT2D eigenvalue weighted by molar-refractivity contribution is 7.78. The van der Waals surface area contributed by atoms with Crippen molar-refractivity contribution in [3.63, 3.8) is 0 Å². The summed E-state index contributed by atoms with van der Waals surface area (Å²) in [5.74, 6) is 0.143. The van der Waals surface area contributed by atoms with Crippen molar-refractivity contribution in [1.82, 2.24) is 9.19 Å². The molecule has 0 saturated carbocycles. The number of rotatable bonds is 2. The second-order valence-electron chi connectivity index (χ2n) is 2.18. The van der Waals surface area contributed by atoms with Crippen molar-refractivity contribution in [2.24, 2.45) is 0 Å². The molecule has 0 aliphatic rings. The average Bonchev–Trinajstić information content (AvgIpc) is 2.19. The van der Waals surface area contributed by atoms with Crippen molar-refractivity contribution in [2.45, 2.75) is 13.8 Å². The Kier molecular flexibility index (Phi) is 2.38. The van der Waals surface area contributed by atoms with Crippen LogP contribution in [0.15, 0.2) is 0 Å². The van der Waals surface area contributed by atoms with Gasteiger partial charge in [-0.2, -0.15) is 8.48 Å². The first-order valence-electron chi connectivity index (χ1n) is 3.35. The third-order valence-corrected chi connectivity index (χ3v) is 1.64. The average molecular weight is 175 g/mol. The van der Waals surface area contributed by atoms with Gasteiger partial charge in [0.25, 0.3) is 0 Å². The highest BCUT2D eigenvalue weighted by atomic mass is 32.1. The summed E-state index contributed by atoms with van der Waals surface area (Å²) in [6.45, 7) is 4.31. The van der Waals surface area contributed by atoms with Crippen molar-refractivity contribution in [3.05, 3.63) is 11.5 Å². The summed E-state index contributed by atoms with van der Waals surface area (Å²) in [6.07, 6.45) is 0. The molecule has 3 nitrogen and oxygen atoms in total. The number of hydrogen-bond acceptors (Lipinski definition) is 3. The molecule has 1 rings (SSSR count). The van der Waals surface area contributed by atoms with Crippen LogP contribution in [0.3, 0.4) is 0 Å². The highest BCUT2D eigenvalue weighted by Gasteiger charge is 2.10. The summed E-state index contributed by atoms with van der Waals surface area (Å²) in [5, 5.41) is 6.71. The molecule has 11 heavy (non-hydrogen) atoms. The zero-order chi connectivity index (χ0) is 8.43. The van der Waals surface area contributed by atoms with E-state index in [0.717, 1.165) is 10.6 Å². The predicted molar refractivity (Wildman–Crippen MR) is 45.5 cm³/mol. The maximum absolute atomic E-state index is 12.9. The van der Waals surface area contributed by atoms with Crippen LogP contribution in [0, 0.1) is 12.9 Å². The van der Waals surface area contributed by atoms with Gasteiger partial charge in [0.1, 0.15) is 0 Å². The Morgan fingerprint density at radius 1 is 1.73 bits per heavy atom. The van der Waals surface area contributed by atoms with Crippen LogP contribution in [-0.4, -0.2) is 15.7 Å². The van der Waals surface area contributed by atoms with Gasteiger partial charge >= 0.3 is 0 Å². The van der Waals surface area contributed by atoms with Crippen LogP contribution >= 0.6 is 12.8 Å². The molecule has 0 aliphatic carbocycles. The molecule has 0 bridgehead atoms. The monoisotopic (exact) mass is 175 g/mol. The van der Waals surface area contributed by atoms with E-state index in [1.807, 2.05) is 6.92 Å². The van der Waals surface area contributed by atoms with Gasteiger partial charge in [-0.05, 0) is 26.7 Å². The second kappa shape index (κ2) is 3.13. The van der Waals surface area contributed by atoms with Crippen LogP contribution in [0.2, 0.25) is 0 Å². The molecular weight excluding hydrogens is 165 g/mol. The van der Waals surface area contributed by atoms with Crippen LogP contribution in [0.25, 0.3) is 0 Å². The molecule has 0 unspecified atom stereocenters. The maximum atomic E-state index is 12.9. The first kappa shape index (κ1) is 8.39. The molecule has 1 N–H and O–H groups in total. The van der Waals surface area contributed by atoms with Gasteiger partial charge in [-0.1, -0.05) is 0 Å². The topological polar surface area (TPSA) is 29.9 Å². The molecule has 1 aromatic heterocycles. The Balaban J connectivity index is 2.98. The summed E-state index contributed by atoms with van der Waals surface area (Å²) < 4.78 is 13.8. The molecule has 0 saturated heterocycles. The zero-order valence-electron chi connectivity index (χ0n) is 6.43. The number of hydrogen-bond donors (Lipinski definition) is 2. The molecule has 0 aromatic carbocycles. The fourth-order valence-corrected chi connectivity index (χ4v) is 1.04. The molecule has 0 atom stereocenters. The lowest BCUT2D eigenvalue weighted by atomic mass is 10.3. The van der Waals surface area contributed by atoms with E-state index in [2.05, 4.69) is 23.2 Å². The quantitative estimate of drug-likeness (QED) is 0.666. The molecule has 0 aliphatic heterocycles. The van der Waals surface area contributed by atoms with E-state index in [1.54, 1.807) is 6.92 Å². The lowest BCUT2D eigenvalue weighted by molar-refractivity contribution is 0.558. The highest BCUT2D eigenvalue weighted by Crippen LogP contribution is 2.16. The second-order valence-corrected chi connectivity index (χ2v) is 2.56. The zero-order valence-corrected chi connectivity index (χ0v) is 7.32. The summed E-state index contributed by atoms with van der Waals surface area (Å²) in [6, 6.07) is 0. The van der Waals surface area contributed by atoms with Gasteiger partial charge in [0.2, 0.25) is 5.95 Å². The SMILES string of the molecule is CCNc1nn(S)c(F)c1C. The van der Waals surface area contributed by atoms with E-state index in [1.165, 1.54) is 0 Å². The van der Waals surface area contributed by atoms with Crippen molar-refractivity contribution in [2.75, 3.05) is 11.9 Å². The number of thiol groups is 1. The van der Waals surface area contributed by atoms with Gasteiger partial charge in [-0.25, -0.2) is 0 Å². The summed E-state index contributed by atoms with van der Waals surface area (Å²) in [4.78, 5) is 0. The lowest BCUT2D eigenvalue weighted by Crippen LogP contribution is -1.98. The third kappa shape index (κ3) is 1.48. The molecule has 0 radical (unpaired) electrons. The number of nitrogens with zero attached hydrogens (tertiary/aromatic N) is 2. The van der Waals surface area contributed by atoms with E-state index in [0.29, 0.717) is 11.4 Å².